The number of nitrogen functional groups attached to an aromatic ring is 1. The van der Waals surface area contributed by atoms with E-state index in [1.165, 1.54) is 11.5 Å². The lowest BCUT2D eigenvalue weighted by Crippen LogP contribution is -2.50. The molecule has 3 rings (SSSR count). The number of hydrogen-bond acceptors (Lipinski definition) is 8. The minimum atomic E-state index is -1.58. The maximum atomic E-state index is 13.1. The molecule has 0 aliphatic rings. The van der Waals surface area contributed by atoms with E-state index in [4.69, 9.17) is 20.6 Å². The smallest absolute Gasteiger partial charge is 0.336 e. The topological polar surface area (TPSA) is 166 Å². The van der Waals surface area contributed by atoms with Crippen LogP contribution in [0.4, 0.5) is 0 Å². The van der Waals surface area contributed by atoms with Gasteiger partial charge in [0, 0.05) is 25.5 Å². The van der Waals surface area contributed by atoms with Crippen LogP contribution in [0.5, 0.6) is 0 Å². The van der Waals surface area contributed by atoms with Crippen molar-refractivity contribution in [2.24, 2.45) is 12.8 Å². The Hall–Kier alpha value is -4.25. The highest BCUT2D eigenvalue weighted by atomic mass is 35.5. The summed E-state index contributed by atoms with van der Waals surface area (Å²) in [6.07, 6.45) is -0.0977. The fourth-order valence-electron chi connectivity index (χ4n) is 4.17. The van der Waals surface area contributed by atoms with E-state index in [1.54, 1.807) is 57.3 Å². The highest BCUT2D eigenvalue weighted by Crippen LogP contribution is 2.26. The molecule has 1 aromatic heterocycles. The van der Waals surface area contributed by atoms with E-state index in [1.807, 2.05) is 6.07 Å². The van der Waals surface area contributed by atoms with Crippen LogP contribution >= 0.6 is 12.4 Å². The first kappa shape index (κ1) is 32.0. The number of rotatable bonds is 11. The Morgan fingerprint density at radius 3 is 2.42 bits per heavy atom. The van der Waals surface area contributed by atoms with E-state index in [0.29, 0.717) is 22.2 Å². The summed E-state index contributed by atoms with van der Waals surface area (Å²) >= 11 is 0. The van der Waals surface area contributed by atoms with Crippen molar-refractivity contribution >= 4 is 47.1 Å². The summed E-state index contributed by atoms with van der Waals surface area (Å²) in [7, 11) is 1.63. The molecule has 12 heteroatoms. The molecule has 1 heterocycles. The number of fused-ring (bicyclic) bond motifs is 1. The summed E-state index contributed by atoms with van der Waals surface area (Å²) in [6, 6.07) is 11.9. The largest absolute Gasteiger partial charge is 0.466 e. The zero-order valence-corrected chi connectivity index (χ0v) is 23.7. The fraction of sp³-hybridized carbons (Fsp3) is 0.357. The number of hydrogen-bond donors (Lipinski definition) is 3. The lowest BCUT2D eigenvalue weighted by atomic mass is 9.91. The van der Waals surface area contributed by atoms with Gasteiger partial charge in [-0.05, 0) is 50.1 Å². The van der Waals surface area contributed by atoms with Gasteiger partial charge in [-0.15, -0.1) is 12.4 Å². The monoisotopic (exact) mass is 571 g/mol. The first-order valence-corrected chi connectivity index (χ1v) is 12.6. The van der Waals surface area contributed by atoms with Crippen LogP contribution in [0.25, 0.3) is 11.0 Å². The summed E-state index contributed by atoms with van der Waals surface area (Å²) in [4.78, 5) is 55.2. The third kappa shape index (κ3) is 7.23. The number of nitrogens with two attached hydrogens (primary N) is 1. The average molecular weight is 572 g/mol. The van der Waals surface area contributed by atoms with E-state index >= 15 is 0 Å². The van der Waals surface area contributed by atoms with Gasteiger partial charge >= 0.3 is 11.9 Å². The molecule has 1 atom stereocenters. The number of ether oxygens (including phenoxy) is 2. The van der Waals surface area contributed by atoms with Crippen molar-refractivity contribution in [2.75, 3.05) is 13.2 Å². The zero-order valence-electron chi connectivity index (χ0n) is 22.9. The molecule has 0 saturated heterocycles. The zero-order chi connectivity index (χ0) is 28.7. The van der Waals surface area contributed by atoms with Crippen LogP contribution in [0.1, 0.15) is 56.0 Å². The molecule has 0 aliphatic carbocycles. The second kappa shape index (κ2) is 13.7. The van der Waals surface area contributed by atoms with Crippen molar-refractivity contribution in [1.29, 1.82) is 5.41 Å². The van der Waals surface area contributed by atoms with Crippen molar-refractivity contribution < 1.29 is 23.9 Å². The number of nitrogens with one attached hydrogen (secondary N) is 2. The summed E-state index contributed by atoms with van der Waals surface area (Å²) in [6.45, 7) is 5.15. The molecule has 1 unspecified atom stereocenters. The van der Waals surface area contributed by atoms with Crippen LogP contribution in [0, 0.1) is 5.41 Å². The van der Waals surface area contributed by atoms with Gasteiger partial charge in [0.05, 0.1) is 30.7 Å². The predicted octanol–water partition coefficient (Wildman–Crippen LogP) is 2.47. The summed E-state index contributed by atoms with van der Waals surface area (Å²) in [5.41, 5.74) is 6.65. The van der Waals surface area contributed by atoms with Gasteiger partial charge in [-0.1, -0.05) is 24.3 Å². The number of esters is 2. The molecule has 2 aromatic carbocycles. The van der Waals surface area contributed by atoms with Crippen LogP contribution in [-0.2, 0) is 42.9 Å². The summed E-state index contributed by atoms with van der Waals surface area (Å²) < 4.78 is 11.6. The number of aromatic nitrogens is 2. The molecule has 0 bridgehead atoms. The van der Waals surface area contributed by atoms with E-state index in [-0.39, 0.29) is 62.0 Å². The molecule has 0 fully saturated rings. The summed E-state index contributed by atoms with van der Waals surface area (Å²) in [5, 5.41) is 10.4. The SMILES string of the molecule is CCOC(=O)CCC(=O)NC(C)(C(=O)OCC)c1ccc2c(c1)nc(Cc1cccc(C(=N)N)c1)c(=O)n2C.Cl. The van der Waals surface area contributed by atoms with E-state index in [9.17, 15) is 19.2 Å². The van der Waals surface area contributed by atoms with E-state index in [2.05, 4.69) is 10.3 Å². The van der Waals surface area contributed by atoms with E-state index in [0.717, 1.165) is 5.56 Å². The number of amides is 1. The van der Waals surface area contributed by atoms with Crippen molar-refractivity contribution in [1.82, 2.24) is 14.9 Å². The standard InChI is InChI=1S/C28H33N5O6.ClH/c1-5-38-24(35)13-12-23(34)32-28(3,27(37)39-6-2)19-10-11-22-20(16-19)31-21(26(36)33(22)4)15-17-8-7-9-18(14-17)25(29)30;/h7-11,14,16H,5-6,12-13,15H2,1-4H3,(H3,29,30)(H,32,34);1H. The van der Waals surface area contributed by atoms with E-state index < -0.39 is 23.4 Å². The Morgan fingerprint density at radius 1 is 1.07 bits per heavy atom. The normalized spacial score (nSPS) is 12.1. The Bertz CT molecular complexity index is 1490. The first-order chi connectivity index (χ1) is 18.5. The van der Waals surface area contributed by atoms with Gasteiger partial charge in [0.2, 0.25) is 5.91 Å². The number of benzene rings is 2. The molecule has 1 amide bonds. The Labute approximate surface area is 238 Å². The van der Waals surface area contributed by atoms with Crippen molar-refractivity contribution in [3.63, 3.8) is 0 Å². The van der Waals surface area contributed by atoms with Crippen LogP contribution in [0.15, 0.2) is 47.3 Å². The molecule has 214 valence electrons. The molecule has 4 N–H and O–H groups in total. The summed E-state index contributed by atoms with van der Waals surface area (Å²) in [5.74, 6) is -1.80. The Morgan fingerprint density at radius 2 is 1.77 bits per heavy atom. The molecule has 3 aromatic rings. The Balaban J connectivity index is 0.00000560. The van der Waals surface area contributed by atoms with Gasteiger partial charge in [0.1, 0.15) is 11.5 Å². The van der Waals surface area contributed by atoms with Gasteiger partial charge in [0.15, 0.2) is 5.54 Å². The minimum absolute atomic E-state index is 0. The van der Waals surface area contributed by atoms with Gasteiger partial charge in [-0.2, -0.15) is 0 Å². The van der Waals surface area contributed by atoms with Crippen molar-refractivity contribution in [3.8, 4) is 0 Å². The Kier molecular flexibility index (Phi) is 10.9. The highest BCUT2D eigenvalue weighted by Gasteiger charge is 2.39. The molecule has 0 radical (unpaired) electrons. The van der Waals surface area contributed by atoms with Gasteiger partial charge in [-0.25, -0.2) is 9.78 Å². The van der Waals surface area contributed by atoms with Gasteiger partial charge < -0.3 is 25.1 Å². The van der Waals surface area contributed by atoms with Crippen LogP contribution in [0.2, 0.25) is 0 Å². The predicted molar refractivity (Wildman–Crippen MR) is 152 cm³/mol. The molecule has 40 heavy (non-hydrogen) atoms. The molecule has 0 spiro atoms. The maximum Gasteiger partial charge on any atom is 0.336 e. The number of halogens is 1. The quantitative estimate of drug-likeness (QED) is 0.179. The molecule has 0 saturated carbocycles. The second-order valence-corrected chi connectivity index (χ2v) is 9.12. The van der Waals surface area contributed by atoms with Gasteiger partial charge in [-0.3, -0.25) is 19.8 Å². The van der Waals surface area contributed by atoms with Crippen LogP contribution < -0.4 is 16.6 Å². The lowest BCUT2D eigenvalue weighted by molar-refractivity contribution is -0.153. The molecule has 0 aliphatic heterocycles. The third-order valence-corrected chi connectivity index (χ3v) is 6.27. The number of carbonyl (C=O) groups excluding carboxylic acids is 3. The number of carbonyl (C=O) groups is 3. The lowest BCUT2D eigenvalue weighted by Gasteiger charge is -2.29. The number of amidine groups is 1. The highest BCUT2D eigenvalue weighted by molar-refractivity contribution is 5.95. The second-order valence-electron chi connectivity index (χ2n) is 9.12. The number of aryl methyl sites for hydroxylation is 1. The van der Waals surface area contributed by atoms with Gasteiger partial charge in [0.25, 0.3) is 5.56 Å². The van der Waals surface area contributed by atoms with Crippen LogP contribution in [-0.4, -0.2) is 46.4 Å². The van der Waals surface area contributed by atoms with Crippen LogP contribution in [0.3, 0.4) is 0 Å². The molecular weight excluding hydrogens is 538 g/mol. The molecule has 11 nitrogen and oxygen atoms in total. The van der Waals surface area contributed by atoms with Crippen molar-refractivity contribution in [2.45, 2.75) is 45.6 Å². The number of nitrogens with zero attached hydrogens (tertiary/aromatic N) is 2. The molecular formula is C28H34ClN5O6. The first-order valence-electron chi connectivity index (χ1n) is 12.6. The maximum absolute atomic E-state index is 13.1. The average Bonchev–Trinajstić information content (AvgIpc) is 2.90. The fourth-order valence-corrected chi connectivity index (χ4v) is 4.17. The van der Waals surface area contributed by atoms with Crippen molar-refractivity contribution in [3.05, 3.63) is 75.2 Å². The third-order valence-electron chi connectivity index (χ3n) is 6.27. The minimum Gasteiger partial charge on any atom is -0.466 e.